The fourth-order valence-corrected chi connectivity index (χ4v) is 3.69. The number of carbonyl (C=O) groups excluding carboxylic acids is 1. The van der Waals surface area contributed by atoms with E-state index in [0.717, 1.165) is 22.0 Å². The lowest BCUT2D eigenvalue weighted by Crippen LogP contribution is -2.34. The van der Waals surface area contributed by atoms with Crippen molar-refractivity contribution >= 4 is 34.2 Å². The van der Waals surface area contributed by atoms with Gasteiger partial charge in [-0.3, -0.25) is 10.2 Å². The van der Waals surface area contributed by atoms with E-state index in [4.69, 9.17) is 0 Å². The van der Waals surface area contributed by atoms with Gasteiger partial charge >= 0.3 is 0 Å². The minimum absolute atomic E-state index is 0.163. The monoisotopic (exact) mass is 381 g/mol. The molecule has 1 aromatic carbocycles. The predicted octanol–water partition coefficient (Wildman–Crippen LogP) is 3.30. The largest absolute Gasteiger partial charge is 0.304 e. The van der Waals surface area contributed by atoms with Crippen LogP contribution < -0.4 is 10.9 Å². The molecule has 0 aliphatic heterocycles. The van der Waals surface area contributed by atoms with Gasteiger partial charge in [0.1, 0.15) is 21.7 Å². The second kappa shape index (κ2) is 8.38. The SMILES string of the molecule is Cc1csc(/C(C#N)=C/NNC(=O)Cc2nc(-c3ccccc3)cs2)n1. The van der Waals surface area contributed by atoms with E-state index in [9.17, 15) is 10.1 Å². The lowest BCUT2D eigenvalue weighted by molar-refractivity contribution is -0.121. The maximum Gasteiger partial charge on any atom is 0.245 e. The quantitative estimate of drug-likeness (QED) is 0.505. The fourth-order valence-electron chi connectivity index (χ4n) is 2.12. The topological polar surface area (TPSA) is 90.7 Å². The number of thiazole rings is 2. The summed E-state index contributed by atoms with van der Waals surface area (Å²) in [6.07, 6.45) is 1.60. The number of aromatic nitrogens is 2. The smallest absolute Gasteiger partial charge is 0.245 e. The van der Waals surface area contributed by atoms with Crippen molar-refractivity contribution in [3.8, 4) is 17.3 Å². The molecular weight excluding hydrogens is 366 g/mol. The van der Waals surface area contributed by atoms with E-state index in [1.807, 2.05) is 48.0 Å². The number of hydrogen-bond acceptors (Lipinski definition) is 7. The van der Waals surface area contributed by atoms with E-state index in [1.165, 1.54) is 28.9 Å². The van der Waals surface area contributed by atoms with Crippen molar-refractivity contribution in [3.05, 3.63) is 63.0 Å². The molecule has 3 aromatic rings. The summed E-state index contributed by atoms with van der Waals surface area (Å²) in [5.41, 5.74) is 8.31. The minimum Gasteiger partial charge on any atom is -0.304 e. The average molecular weight is 381 g/mol. The molecule has 0 fully saturated rings. The molecule has 2 aromatic heterocycles. The molecule has 8 heteroatoms. The van der Waals surface area contributed by atoms with Gasteiger partial charge < -0.3 is 5.43 Å². The zero-order valence-corrected chi connectivity index (χ0v) is 15.5. The summed E-state index contributed by atoms with van der Waals surface area (Å²) in [6, 6.07) is 11.9. The first-order chi connectivity index (χ1) is 12.7. The van der Waals surface area contributed by atoms with Crippen molar-refractivity contribution in [2.75, 3.05) is 0 Å². The third kappa shape index (κ3) is 4.53. The van der Waals surface area contributed by atoms with E-state index in [1.54, 1.807) is 0 Å². The number of allylic oxidation sites excluding steroid dienone is 1. The van der Waals surface area contributed by atoms with Crippen LogP contribution in [0.25, 0.3) is 16.8 Å². The van der Waals surface area contributed by atoms with Crippen LogP contribution in [0.4, 0.5) is 0 Å². The molecule has 6 nitrogen and oxygen atoms in total. The molecule has 130 valence electrons. The first kappa shape index (κ1) is 17.8. The molecule has 0 unspecified atom stereocenters. The number of nitrogens with one attached hydrogen (secondary N) is 2. The van der Waals surface area contributed by atoms with E-state index >= 15 is 0 Å². The molecule has 26 heavy (non-hydrogen) atoms. The molecule has 0 saturated carbocycles. The summed E-state index contributed by atoms with van der Waals surface area (Å²) in [7, 11) is 0. The van der Waals surface area contributed by atoms with Crippen LogP contribution in [0, 0.1) is 18.3 Å². The van der Waals surface area contributed by atoms with Gasteiger partial charge in [0.15, 0.2) is 0 Å². The third-order valence-corrected chi connectivity index (χ3v) is 5.17. The van der Waals surface area contributed by atoms with Gasteiger partial charge in [0.25, 0.3) is 0 Å². The first-order valence-electron chi connectivity index (χ1n) is 7.72. The highest BCUT2D eigenvalue weighted by molar-refractivity contribution is 7.11. The maximum absolute atomic E-state index is 12.0. The van der Waals surface area contributed by atoms with Crippen LogP contribution in [0.5, 0.6) is 0 Å². The molecule has 0 aliphatic carbocycles. The third-order valence-electron chi connectivity index (χ3n) is 3.33. The van der Waals surface area contributed by atoms with Crippen LogP contribution in [-0.4, -0.2) is 15.9 Å². The Morgan fingerprint density at radius 2 is 2.04 bits per heavy atom. The Hall–Kier alpha value is -3.02. The summed E-state index contributed by atoms with van der Waals surface area (Å²) in [5, 5.41) is 14.3. The fraction of sp³-hybridized carbons (Fsp3) is 0.111. The van der Waals surface area contributed by atoms with Gasteiger partial charge in [-0.15, -0.1) is 22.7 Å². The number of carbonyl (C=O) groups is 1. The Morgan fingerprint density at radius 3 is 2.73 bits per heavy atom. The molecule has 2 N–H and O–H groups in total. The van der Waals surface area contributed by atoms with Crippen molar-refractivity contribution in [2.24, 2.45) is 0 Å². The second-order valence-corrected chi connectivity index (χ2v) is 7.13. The number of benzene rings is 1. The molecule has 2 heterocycles. The normalized spacial score (nSPS) is 11.0. The first-order valence-corrected chi connectivity index (χ1v) is 9.48. The van der Waals surface area contributed by atoms with Gasteiger partial charge in [-0.05, 0) is 6.92 Å². The maximum atomic E-state index is 12.0. The van der Waals surface area contributed by atoms with Crippen LogP contribution in [0.15, 0.2) is 47.3 Å². The Kier molecular flexibility index (Phi) is 5.73. The number of hydrazine groups is 1. The van der Waals surface area contributed by atoms with Crippen molar-refractivity contribution in [1.82, 2.24) is 20.8 Å². The van der Waals surface area contributed by atoms with E-state index < -0.39 is 0 Å². The zero-order valence-electron chi connectivity index (χ0n) is 13.9. The van der Waals surface area contributed by atoms with Crippen LogP contribution in [0.2, 0.25) is 0 Å². The van der Waals surface area contributed by atoms with E-state index in [2.05, 4.69) is 26.9 Å². The average Bonchev–Trinajstić information content (AvgIpc) is 3.29. The minimum atomic E-state index is -0.233. The molecule has 3 rings (SSSR count). The van der Waals surface area contributed by atoms with Gasteiger partial charge in [0, 0.05) is 28.2 Å². The van der Waals surface area contributed by atoms with Crippen LogP contribution in [0.1, 0.15) is 15.7 Å². The van der Waals surface area contributed by atoms with Crippen LogP contribution >= 0.6 is 22.7 Å². The standard InChI is InChI=1S/C18H15N5OS2/c1-12-10-26-18(21-12)14(8-19)9-20-23-16(24)7-17-22-15(11-25-17)13-5-3-2-4-6-13/h2-6,9-11,20H,7H2,1H3,(H,23,24)/b14-9+. The number of nitriles is 1. The van der Waals surface area contributed by atoms with E-state index in [-0.39, 0.29) is 12.3 Å². The highest BCUT2D eigenvalue weighted by atomic mass is 32.1. The number of aryl methyl sites for hydroxylation is 1. The lowest BCUT2D eigenvalue weighted by atomic mass is 10.2. The number of amides is 1. The van der Waals surface area contributed by atoms with Gasteiger partial charge in [-0.1, -0.05) is 30.3 Å². The van der Waals surface area contributed by atoms with E-state index in [0.29, 0.717) is 10.6 Å². The number of hydrogen-bond donors (Lipinski definition) is 2. The van der Waals surface area contributed by atoms with Crippen molar-refractivity contribution in [1.29, 1.82) is 5.26 Å². The summed E-state index contributed by atoms with van der Waals surface area (Å²) < 4.78 is 0. The van der Waals surface area contributed by atoms with Gasteiger partial charge in [-0.2, -0.15) is 5.26 Å². The van der Waals surface area contributed by atoms with Gasteiger partial charge in [-0.25, -0.2) is 9.97 Å². The number of rotatable bonds is 6. The van der Waals surface area contributed by atoms with Gasteiger partial charge in [0.05, 0.1) is 12.1 Å². The molecule has 0 aliphatic rings. The Balaban J connectivity index is 1.55. The number of nitrogens with zero attached hydrogens (tertiary/aromatic N) is 3. The van der Waals surface area contributed by atoms with Gasteiger partial charge in [0.2, 0.25) is 5.91 Å². The summed E-state index contributed by atoms with van der Waals surface area (Å²) >= 11 is 2.82. The van der Waals surface area contributed by atoms with Crippen molar-refractivity contribution < 1.29 is 4.79 Å². The molecular formula is C18H15N5OS2. The highest BCUT2D eigenvalue weighted by Crippen LogP contribution is 2.21. The molecule has 0 saturated heterocycles. The summed E-state index contributed by atoms with van der Waals surface area (Å²) in [5.74, 6) is -0.233. The molecule has 0 radical (unpaired) electrons. The highest BCUT2D eigenvalue weighted by Gasteiger charge is 2.09. The van der Waals surface area contributed by atoms with Crippen LogP contribution in [-0.2, 0) is 11.2 Å². The predicted molar refractivity (Wildman–Crippen MR) is 103 cm³/mol. The lowest BCUT2D eigenvalue weighted by Gasteiger charge is -2.03. The summed E-state index contributed by atoms with van der Waals surface area (Å²) in [6.45, 7) is 1.86. The molecule has 0 bridgehead atoms. The molecule has 0 atom stereocenters. The Morgan fingerprint density at radius 1 is 1.23 bits per heavy atom. The van der Waals surface area contributed by atoms with Crippen LogP contribution in [0.3, 0.4) is 0 Å². The molecule has 0 spiro atoms. The second-order valence-electron chi connectivity index (χ2n) is 5.33. The summed E-state index contributed by atoms with van der Waals surface area (Å²) in [4.78, 5) is 20.8. The molecule has 1 amide bonds. The van der Waals surface area contributed by atoms with Crippen molar-refractivity contribution in [2.45, 2.75) is 13.3 Å². The van der Waals surface area contributed by atoms with Crippen molar-refractivity contribution in [3.63, 3.8) is 0 Å². The zero-order chi connectivity index (χ0) is 18.4. The Bertz CT molecular complexity index is 969. The Labute approximate surface area is 158 Å².